The monoisotopic (exact) mass is 328 g/mol. The summed E-state index contributed by atoms with van der Waals surface area (Å²) in [5.74, 6) is 0.0104. The highest BCUT2D eigenvalue weighted by atomic mass is 19.1. The summed E-state index contributed by atoms with van der Waals surface area (Å²) in [5.41, 5.74) is 9.01. The average Bonchev–Trinajstić information content (AvgIpc) is 2.59. The van der Waals surface area contributed by atoms with Crippen molar-refractivity contribution in [2.45, 2.75) is 25.7 Å². The molecule has 0 unspecified atom stereocenters. The molecule has 0 aliphatic carbocycles. The molecule has 1 fully saturated rings. The van der Waals surface area contributed by atoms with Gasteiger partial charge in [-0.15, -0.1) is 0 Å². The first-order chi connectivity index (χ1) is 11.5. The summed E-state index contributed by atoms with van der Waals surface area (Å²) in [5, 5.41) is 6.09. The molecule has 0 radical (unpaired) electrons. The molecular weight excluding hydrogens is 307 g/mol. The summed E-state index contributed by atoms with van der Waals surface area (Å²) in [6, 6.07) is 7.37. The van der Waals surface area contributed by atoms with Gasteiger partial charge in [0.25, 0.3) is 5.91 Å². The van der Waals surface area contributed by atoms with Crippen molar-refractivity contribution in [2.75, 3.05) is 24.1 Å². The molecule has 1 amide bonds. The minimum atomic E-state index is -0.382. The molecule has 24 heavy (non-hydrogen) atoms. The minimum absolute atomic E-state index is 0.351. The zero-order valence-corrected chi connectivity index (χ0v) is 13.6. The van der Waals surface area contributed by atoms with E-state index in [-0.39, 0.29) is 11.7 Å². The molecule has 2 aromatic rings. The summed E-state index contributed by atoms with van der Waals surface area (Å²) in [7, 11) is 0. The van der Waals surface area contributed by atoms with Crippen molar-refractivity contribution in [2.24, 2.45) is 0 Å². The maximum Gasteiger partial charge on any atom is 0.256 e. The molecule has 1 saturated heterocycles. The first-order valence-electron chi connectivity index (χ1n) is 8.09. The Labute approximate surface area is 140 Å². The van der Waals surface area contributed by atoms with Gasteiger partial charge in [0.2, 0.25) is 0 Å². The lowest BCUT2D eigenvalue weighted by atomic mass is 9.89. The quantitative estimate of drug-likeness (QED) is 0.809. The Morgan fingerprint density at radius 1 is 1.29 bits per heavy atom. The number of nitrogen functional groups attached to an aromatic ring is 1. The molecule has 6 heteroatoms. The highest BCUT2D eigenvalue weighted by Gasteiger charge is 2.21. The van der Waals surface area contributed by atoms with Gasteiger partial charge in [0.1, 0.15) is 5.82 Å². The van der Waals surface area contributed by atoms with Crippen LogP contribution in [0.2, 0.25) is 0 Å². The standard InChI is InChI=1S/C18H21FN4O/c1-11-10-15(12-6-8-21-9-7-12)16(20)17(22-11)23-18(24)13-2-4-14(19)5-3-13/h2-5,10,12,21H,6-9,20H2,1H3,(H,22,23,24). The Bertz CT molecular complexity index is 739. The van der Waals surface area contributed by atoms with E-state index < -0.39 is 0 Å². The third-order valence-corrected chi connectivity index (χ3v) is 4.34. The summed E-state index contributed by atoms with van der Waals surface area (Å²) in [6.45, 7) is 3.81. The maximum absolute atomic E-state index is 13.0. The number of benzene rings is 1. The number of piperidine rings is 1. The first-order valence-corrected chi connectivity index (χ1v) is 8.09. The second-order valence-electron chi connectivity index (χ2n) is 6.10. The smallest absolute Gasteiger partial charge is 0.256 e. The SMILES string of the molecule is Cc1cc(C2CCNCC2)c(N)c(NC(=O)c2ccc(F)cc2)n1. The molecule has 1 aliphatic heterocycles. The van der Waals surface area contributed by atoms with E-state index >= 15 is 0 Å². The van der Waals surface area contributed by atoms with E-state index in [1.807, 2.05) is 13.0 Å². The molecule has 1 aliphatic rings. The van der Waals surface area contributed by atoms with E-state index in [4.69, 9.17) is 5.73 Å². The van der Waals surface area contributed by atoms with E-state index in [1.54, 1.807) is 0 Å². The number of aryl methyl sites for hydroxylation is 1. The van der Waals surface area contributed by atoms with E-state index in [9.17, 15) is 9.18 Å². The predicted octanol–water partition coefficient (Wildman–Crippen LogP) is 2.83. The fraction of sp³-hybridized carbons (Fsp3) is 0.333. The Morgan fingerprint density at radius 3 is 2.62 bits per heavy atom. The average molecular weight is 328 g/mol. The summed E-state index contributed by atoms with van der Waals surface area (Å²) >= 11 is 0. The second kappa shape index (κ2) is 6.97. The number of hydrogen-bond acceptors (Lipinski definition) is 4. The Balaban J connectivity index is 1.86. The zero-order valence-electron chi connectivity index (χ0n) is 13.6. The summed E-state index contributed by atoms with van der Waals surface area (Å²) in [6.07, 6.45) is 2.03. The van der Waals surface area contributed by atoms with Crippen molar-refractivity contribution < 1.29 is 9.18 Å². The van der Waals surface area contributed by atoms with Crippen LogP contribution in [0.5, 0.6) is 0 Å². The number of aromatic nitrogens is 1. The number of amides is 1. The number of nitrogens with zero attached hydrogens (tertiary/aromatic N) is 1. The number of pyridine rings is 1. The first kappa shape index (κ1) is 16.4. The van der Waals surface area contributed by atoms with E-state index in [0.717, 1.165) is 37.2 Å². The van der Waals surface area contributed by atoms with E-state index in [1.165, 1.54) is 24.3 Å². The van der Waals surface area contributed by atoms with Crippen molar-refractivity contribution in [3.63, 3.8) is 0 Å². The van der Waals surface area contributed by atoms with Crippen LogP contribution in [0.4, 0.5) is 15.9 Å². The molecule has 0 saturated carbocycles. The molecule has 3 rings (SSSR count). The van der Waals surface area contributed by atoms with Gasteiger partial charge in [0, 0.05) is 11.3 Å². The van der Waals surface area contributed by atoms with Gasteiger partial charge in [-0.1, -0.05) is 0 Å². The summed E-state index contributed by atoms with van der Waals surface area (Å²) < 4.78 is 13.0. The lowest BCUT2D eigenvalue weighted by Crippen LogP contribution is -2.27. The number of carbonyl (C=O) groups is 1. The molecule has 5 nitrogen and oxygen atoms in total. The number of nitrogens with one attached hydrogen (secondary N) is 2. The normalized spacial score (nSPS) is 15.2. The van der Waals surface area contributed by atoms with Gasteiger partial charge < -0.3 is 16.4 Å². The Kier molecular flexibility index (Phi) is 4.76. The largest absolute Gasteiger partial charge is 0.395 e. The van der Waals surface area contributed by atoms with Crippen LogP contribution in [0.25, 0.3) is 0 Å². The van der Waals surface area contributed by atoms with Crippen molar-refractivity contribution in [1.82, 2.24) is 10.3 Å². The van der Waals surface area contributed by atoms with Crippen LogP contribution in [-0.4, -0.2) is 24.0 Å². The third-order valence-electron chi connectivity index (χ3n) is 4.34. The molecule has 2 heterocycles. The lowest BCUT2D eigenvalue weighted by Gasteiger charge is -2.25. The van der Waals surface area contributed by atoms with Crippen molar-refractivity contribution in [3.05, 3.63) is 53.0 Å². The molecule has 0 spiro atoms. The molecule has 0 bridgehead atoms. The number of nitrogens with two attached hydrogens (primary N) is 1. The fourth-order valence-electron chi connectivity index (χ4n) is 3.06. The van der Waals surface area contributed by atoms with Crippen LogP contribution in [0, 0.1) is 12.7 Å². The molecular formula is C18H21FN4O. The van der Waals surface area contributed by atoms with Crippen molar-refractivity contribution >= 4 is 17.4 Å². The molecule has 4 N–H and O–H groups in total. The van der Waals surface area contributed by atoms with Crippen molar-refractivity contribution in [3.8, 4) is 0 Å². The third kappa shape index (κ3) is 3.54. The van der Waals surface area contributed by atoms with Crippen LogP contribution in [0.3, 0.4) is 0 Å². The van der Waals surface area contributed by atoms with Crippen LogP contribution < -0.4 is 16.4 Å². The Morgan fingerprint density at radius 2 is 1.96 bits per heavy atom. The number of halogens is 1. The van der Waals surface area contributed by atoms with Gasteiger partial charge in [0.15, 0.2) is 5.82 Å². The number of hydrogen-bond donors (Lipinski definition) is 3. The van der Waals surface area contributed by atoms with Gasteiger partial charge in [-0.3, -0.25) is 4.79 Å². The van der Waals surface area contributed by atoms with Gasteiger partial charge in [-0.05, 0) is 74.7 Å². The van der Waals surface area contributed by atoms with E-state index in [2.05, 4.69) is 15.6 Å². The van der Waals surface area contributed by atoms with Gasteiger partial charge >= 0.3 is 0 Å². The van der Waals surface area contributed by atoms with E-state index in [0.29, 0.717) is 23.0 Å². The number of rotatable bonds is 3. The van der Waals surface area contributed by atoms with Crippen LogP contribution in [-0.2, 0) is 0 Å². The highest BCUT2D eigenvalue weighted by Crippen LogP contribution is 2.33. The molecule has 1 aromatic heterocycles. The molecule has 0 atom stereocenters. The summed E-state index contributed by atoms with van der Waals surface area (Å²) in [4.78, 5) is 16.7. The lowest BCUT2D eigenvalue weighted by molar-refractivity contribution is 0.102. The van der Waals surface area contributed by atoms with Gasteiger partial charge in [0.05, 0.1) is 5.69 Å². The van der Waals surface area contributed by atoms with Gasteiger partial charge in [-0.25, -0.2) is 9.37 Å². The van der Waals surface area contributed by atoms with Crippen molar-refractivity contribution in [1.29, 1.82) is 0 Å². The molecule has 1 aromatic carbocycles. The Hall–Kier alpha value is -2.47. The maximum atomic E-state index is 13.0. The highest BCUT2D eigenvalue weighted by molar-refractivity contribution is 6.05. The van der Waals surface area contributed by atoms with Crippen LogP contribution in [0.1, 0.15) is 40.4 Å². The van der Waals surface area contributed by atoms with Crippen LogP contribution >= 0.6 is 0 Å². The topological polar surface area (TPSA) is 80.0 Å². The second-order valence-corrected chi connectivity index (χ2v) is 6.10. The zero-order chi connectivity index (χ0) is 17.1. The fourth-order valence-corrected chi connectivity index (χ4v) is 3.06. The number of anilines is 2. The number of carbonyl (C=O) groups excluding carboxylic acids is 1. The molecule has 126 valence electrons. The van der Waals surface area contributed by atoms with Gasteiger partial charge in [-0.2, -0.15) is 0 Å². The minimum Gasteiger partial charge on any atom is -0.395 e. The van der Waals surface area contributed by atoms with Crippen LogP contribution in [0.15, 0.2) is 30.3 Å². The predicted molar refractivity (Wildman–Crippen MR) is 92.6 cm³/mol.